The van der Waals surface area contributed by atoms with E-state index in [1.807, 2.05) is 24.3 Å². The Kier molecular flexibility index (Phi) is 8.31. The molecule has 2 aromatic carbocycles. The monoisotopic (exact) mass is 585 g/mol. The molecule has 0 radical (unpaired) electrons. The van der Waals surface area contributed by atoms with Crippen LogP contribution in [0.15, 0.2) is 71.8 Å². The number of nitrogens with zero attached hydrogens (tertiary/aromatic N) is 1. The summed E-state index contributed by atoms with van der Waals surface area (Å²) in [5.74, 6) is -0.152. The lowest BCUT2D eigenvalue weighted by Gasteiger charge is -2.38. The Morgan fingerprint density at radius 3 is 2.38 bits per heavy atom. The van der Waals surface area contributed by atoms with Crippen molar-refractivity contribution < 1.29 is 13.2 Å². The van der Waals surface area contributed by atoms with Gasteiger partial charge in [-0.15, -0.1) is 0 Å². The van der Waals surface area contributed by atoms with Gasteiger partial charge in [0.15, 0.2) is 0 Å². The molecule has 6 rings (SSSR count). The van der Waals surface area contributed by atoms with Crippen LogP contribution in [0.25, 0.3) is 10.9 Å². The third-order valence-electron chi connectivity index (χ3n) is 8.83. The van der Waals surface area contributed by atoms with Crippen molar-refractivity contribution in [2.45, 2.75) is 81.2 Å². The molecule has 1 saturated carbocycles. The van der Waals surface area contributed by atoms with Crippen LogP contribution in [-0.2, 0) is 28.5 Å². The predicted molar refractivity (Wildman–Crippen MR) is 166 cm³/mol. The summed E-state index contributed by atoms with van der Waals surface area (Å²) >= 11 is 0. The number of H-pyrrole nitrogens is 1. The van der Waals surface area contributed by atoms with Crippen LogP contribution in [-0.4, -0.2) is 30.8 Å². The van der Waals surface area contributed by atoms with Crippen LogP contribution < -0.4 is 15.4 Å². The van der Waals surface area contributed by atoms with Gasteiger partial charge in [-0.05, 0) is 54.3 Å². The average molecular weight is 586 g/mol. The first-order valence-electron chi connectivity index (χ1n) is 15.1. The molecule has 42 heavy (non-hydrogen) atoms. The van der Waals surface area contributed by atoms with Gasteiger partial charge in [0.05, 0.1) is 16.1 Å². The molecule has 0 bridgehead atoms. The molecule has 8 nitrogen and oxygen atoms in total. The van der Waals surface area contributed by atoms with E-state index in [9.17, 15) is 13.2 Å². The van der Waals surface area contributed by atoms with Crippen molar-refractivity contribution in [3.05, 3.63) is 89.4 Å². The van der Waals surface area contributed by atoms with E-state index >= 15 is 0 Å². The van der Waals surface area contributed by atoms with Gasteiger partial charge in [-0.25, -0.2) is 8.42 Å². The number of pyridine rings is 1. The average Bonchev–Trinajstić information content (AvgIpc) is 3.46. The number of aromatic amines is 1. The van der Waals surface area contributed by atoms with E-state index in [1.165, 1.54) is 56.2 Å². The smallest absolute Gasteiger partial charge is 0.267 e. The number of hydrogen-bond donors (Lipinski definition) is 4. The Bertz CT molecular complexity index is 1650. The zero-order chi connectivity index (χ0) is 29.0. The Morgan fingerprint density at radius 1 is 0.905 bits per heavy atom. The molecule has 1 aliphatic carbocycles. The Morgan fingerprint density at radius 2 is 1.62 bits per heavy atom. The molecule has 9 heteroatoms. The highest BCUT2D eigenvalue weighted by molar-refractivity contribution is 7.92. The molecule has 2 aliphatic rings. The van der Waals surface area contributed by atoms with Crippen molar-refractivity contribution in [2.75, 3.05) is 11.3 Å². The van der Waals surface area contributed by atoms with Gasteiger partial charge in [-0.2, -0.15) is 0 Å². The molecule has 1 fully saturated rings. The van der Waals surface area contributed by atoms with Crippen molar-refractivity contribution in [3.8, 4) is 0 Å². The Labute approximate surface area is 247 Å². The summed E-state index contributed by atoms with van der Waals surface area (Å²) < 4.78 is 28.8. The number of benzene rings is 2. The molecule has 4 N–H and O–H groups in total. The molecule has 1 spiro atoms. The number of sulfonamides is 1. The van der Waals surface area contributed by atoms with Crippen LogP contribution in [0.1, 0.15) is 85.1 Å². The van der Waals surface area contributed by atoms with Crippen molar-refractivity contribution in [3.63, 3.8) is 0 Å². The second kappa shape index (κ2) is 12.3. The van der Waals surface area contributed by atoms with E-state index < -0.39 is 10.0 Å². The number of carbonyl (C=O) groups is 1. The molecule has 3 heterocycles. The number of nitrogens with one attached hydrogen (secondary N) is 4. The van der Waals surface area contributed by atoms with Gasteiger partial charge in [0.1, 0.15) is 5.69 Å². The maximum absolute atomic E-state index is 13.2. The van der Waals surface area contributed by atoms with Gasteiger partial charge in [-0.3, -0.25) is 14.5 Å². The fourth-order valence-corrected chi connectivity index (χ4v) is 7.64. The van der Waals surface area contributed by atoms with Crippen LogP contribution in [0.5, 0.6) is 0 Å². The zero-order valence-electron chi connectivity index (χ0n) is 23.9. The molecular formula is C33H39N5O3S. The third kappa shape index (κ3) is 6.08. The fourth-order valence-electron chi connectivity index (χ4n) is 6.57. The topological polar surface area (TPSA) is 116 Å². The highest BCUT2D eigenvalue weighted by Gasteiger charge is 2.38. The lowest BCUT2D eigenvalue weighted by atomic mass is 9.72. The van der Waals surface area contributed by atoms with Crippen LogP contribution in [0, 0.1) is 0 Å². The van der Waals surface area contributed by atoms with Gasteiger partial charge in [-0.1, -0.05) is 75.3 Å². The number of amides is 1. The Balaban J connectivity index is 1.11. The highest BCUT2D eigenvalue weighted by Crippen LogP contribution is 2.40. The van der Waals surface area contributed by atoms with E-state index in [0.717, 1.165) is 36.9 Å². The Hall–Kier alpha value is -3.69. The first-order valence-corrected chi connectivity index (χ1v) is 16.6. The number of fused-ring (bicyclic) bond motifs is 3. The molecule has 1 aliphatic heterocycles. The molecule has 0 saturated heterocycles. The largest absolute Gasteiger partial charge is 0.354 e. The van der Waals surface area contributed by atoms with E-state index in [2.05, 4.69) is 25.3 Å². The summed E-state index contributed by atoms with van der Waals surface area (Å²) in [4.78, 5) is 21.2. The number of hydrogen-bond acceptors (Lipinski definition) is 5. The van der Waals surface area contributed by atoms with Crippen LogP contribution >= 0.6 is 0 Å². The minimum Gasteiger partial charge on any atom is -0.354 e. The number of para-hydroxylation sites is 1. The molecule has 1 amide bonds. The van der Waals surface area contributed by atoms with E-state index in [1.54, 1.807) is 42.6 Å². The molecular weight excluding hydrogens is 546 g/mol. The van der Waals surface area contributed by atoms with E-state index in [-0.39, 0.29) is 16.2 Å². The number of aromatic nitrogens is 2. The maximum atomic E-state index is 13.2. The third-order valence-corrected chi connectivity index (χ3v) is 10.2. The summed E-state index contributed by atoms with van der Waals surface area (Å²) in [5.41, 5.74) is 4.95. The predicted octanol–water partition coefficient (Wildman–Crippen LogP) is 6.16. The standard InChI is InChI=1S/C33H39N5O3S/c39-32(29-20-26-22-34-23-33(31(26)37-29)17-6-4-2-1-3-5-7-18-33)36-21-24-13-15-27(16-14-24)42(40,41)38-28-12-8-10-25-11-9-19-35-30(25)28/h8-16,19-20,34,37-38H,1-7,17-18,21-23H2,(H,36,39). The normalized spacial score (nSPS) is 17.4. The van der Waals surface area contributed by atoms with Gasteiger partial charge in [0.2, 0.25) is 0 Å². The summed E-state index contributed by atoms with van der Waals surface area (Å²) in [6, 6.07) is 17.7. The highest BCUT2D eigenvalue weighted by atomic mass is 32.2. The lowest BCUT2D eigenvalue weighted by Crippen LogP contribution is -2.43. The zero-order valence-corrected chi connectivity index (χ0v) is 24.7. The number of anilines is 1. The van der Waals surface area contributed by atoms with Crippen molar-refractivity contribution in [1.82, 2.24) is 20.6 Å². The minimum atomic E-state index is -3.81. The quantitative estimate of drug-likeness (QED) is 0.216. The van der Waals surface area contributed by atoms with Crippen LogP contribution in [0.3, 0.4) is 0 Å². The molecule has 2 aromatic heterocycles. The SMILES string of the molecule is O=C(NCc1ccc(S(=O)(=O)Nc2cccc3cccnc23)cc1)c1cc2c([nH]1)C1(CCCCCCCCC1)CNC2. The summed E-state index contributed by atoms with van der Waals surface area (Å²) in [6.07, 6.45) is 12.9. The summed E-state index contributed by atoms with van der Waals surface area (Å²) in [5, 5.41) is 7.49. The summed E-state index contributed by atoms with van der Waals surface area (Å²) in [6.45, 7) is 2.04. The minimum absolute atomic E-state index is 0.0703. The van der Waals surface area contributed by atoms with Crippen LogP contribution in [0.2, 0.25) is 0 Å². The fraction of sp³-hybridized carbons (Fsp3) is 0.394. The number of rotatable bonds is 6. The van der Waals surface area contributed by atoms with Crippen molar-refractivity contribution >= 4 is 32.5 Å². The molecule has 0 atom stereocenters. The van der Waals surface area contributed by atoms with Gasteiger partial charge < -0.3 is 15.6 Å². The van der Waals surface area contributed by atoms with Crippen molar-refractivity contribution in [2.24, 2.45) is 0 Å². The first kappa shape index (κ1) is 28.4. The number of carbonyl (C=O) groups excluding carboxylic acids is 1. The van der Waals surface area contributed by atoms with E-state index in [4.69, 9.17) is 0 Å². The maximum Gasteiger partial charge on any atom is 0.267 e. The molecule has 4 aromatic rings. The van der Waals surface area contributed by atoms with Gasteiger partial charge >= 0.3 is 0 Å². The van der Waals surface area contributed by atoms with Crippen molar-refractivity contribution in [1.29, 1.82) is 0 Å². The van der Waals surface area contributed by atoms with Gasteiger partial charge in [0, 0.05) is 42.3 Å². The second-order valence-electron chi connectivity index (χ2n) is 11.8. The first-order chi connectivity index (χ1) is 20.4. The van der Waals surface area contributed by atoms with Crippen LogP contribution in [0.4, 0.5) is 5.69 Å². The molecule has 220 valence electrons. The van der Waals surface area contributed by atoms with E-state index in [0.29, 0.717) is 23.4 Å². The lowest BCUT2D eigenvalue weighted by molar-refractivity contribution is 0.0946. The van der Waals surface area contributed by atoms with Gasteiger partial charge in [0.25, 0.3) is 15.9 Å². The summed E-state index contributed by atoms with van der Waals surface area (Å²) in [7, 11) is -3.81. The molecule has 0 unspecified atom stereocenters. The second-order valence-corrected chi connectivity index (χ2v) is 13.4.